The number of aromatic nitrogens is 1. The van der Waals surface area contributed by atoms with Crippen LogP contribution in [0.1, 0.15) is 5.56 Å². The molecule has 0 bridgehead atoms. The molecule has 0 atom stereocenters. The van der Waals surface area contributed by atoms with E-state index in [1.807, 2.05) is 48.1 Å². The largest absolute Gasteiger partial charge is 0.508 e. The molecule has 0 radical (unpaired) electrons. The Morgan fingerprint density at radius 1 is 1.25 bits per heavy atom. The first-order valence-electron chi connectivity index (χ1n) is 7.35. The van der Waals surface area contributed by atoms with Gasteiger partial charge in [-0.3, -0.25) is 4.79 Å². The van der Waals surface area contributed by atoms with Gasteiger partial charge in [0.15, 0.2) is 0 Å². The number of anilines is 1. The summed E-state index contributed by atoms with van der Waals surface area (Å²) in [5.41, 5.74) is 2.25. The average Bonchev–Trinajstić information content (AvgIpc) is 2.89. The van der Waals surface area contributed by atoms with Crippen LogP contribution in [0.5, 0.6) is 5.75 Å². The van der Waals surface area contributed by atoms with E-state index < -0.39 is 5.91 Å². The molecule has 0 saturated carbocycles. The summed E-state index contributed by atoms with van der Waals surface area (Å²) in [6.07, 6.45) is 3.45. The molecule has 5 heteroatoms. The van der Waals surface area contributed by atoms with Gasteiger partial charge < -0.3 is 15.0 Å². The number of para-hydroxylation sites is 1. The number of hydrogen-bond acceptors (Lipinski definition) is 3. The van der Waals surface area contributed by atoms with Gasteiger partial charge in [0.25, 0.3) is 5.91 Å². The number of nitrogens with one attached hydrogen (secondary N) is 1. The Hall–Kier alpha value is -3.52. The molecule has 0 saturated heterocycles. The van der Waals surface area contributed by atoms with Crippen LogP contribution in [-0.2, 0) is 11.8 Å². The number of benzene rings is 2. The summed E-state index contributed by atoms with van der Waals surface area (Å²) in [6.45, 7) is 0. The molecule has 0 aliphatic rings. The zero-order valence-electron chi connectivity index (χ0n) is 13.0. The van der Waals surface area contributed by atoms with Crippen LogP contribution in [0.2, 0.25) is 0 Å². The molecule has 24 heavy (non-hydrogen) atoms. The summed E-state index contributed by atoms with van der Waals surface area (Å²) in [5.74, 6) is -0.472. The van der Waals surface area contributed by atoms with Crippen molar-refractivity contribution in [3.05, 3.63) is 65.9 Å². The van der Waals surface area contributed by atoms with E-state index in [2.05, 4.69) is 5.32 Å². The number of nitriles is 1. The Labute approximate surface area is 139 Å². The van der Waals surface area contributed by atoms with E-state index in [1.165, 1.54) is 12.1 Å². The van der Waals surface area contributed by atoms with Gasteiger partial charge in [-0.05, 0) is 24.3 Å². The predicted molar refractivity (Wildman–Crippen MR) is 93.2 cm³/mol. The molecule has 2 aromatic carbocycles. The number of phenolic OH excluding ortho intramolecular Hbond substituents is 1. The highest BCUT2D eigenvalue weighted by atomic mass is 16.3. The van der Waals surface area contributed by atoms with Crippen molar-refractivity contribution in [2.24, 2.45) is 7.05 Å². The highest BCUT2D eigenvalue weighted by Crippen LogP contribution is 2.23. The Kier molecular flexibility index (Phi) is 4.04. The third-order valence-corrected chi connectivity index (χ3v) is 3.70. The van der Waals surface area contributed by atoms with Gasteiger partial charge in [0.05, 0.1) is 0 Å². The number of nitrogens with zero attached hydrogens (tertiary/aromatic N) is 2. The fraction of sp³-hybridized carbons (Fsp3) is 0.0526. The van der Waals surface area contributed by atoms with E-state index in [9.17, 15) is 15.2 Å². The van der Waals surface area contributed by atoms with Crippen LogP contribution in [0.25, 0.3) is 17.0 Å². The van der Waals surface area contributed by atoms with E-state index in [4.69, 9.17) is 0 Å². The third-order valence-electron chi connectivity index (χ3n) is 3.70. The maximum absolute atomic E-state index is 12.3. The topological polar surface area (TPSA) is 78.0 Å². The van der Waals surface area contributed by atoms with Crippen molar-refractivity contribution in [3.63, 3.8) is 0 Å². The monoisotopic (exact) mass is 317 g/mol. The average molecular weight is 317 g/mol. The van der Waals surface area contributed by atoms with Crippen LogP contribution in [0.4, 0.5) is 5.69 Å². The molecule has 5 nitrogen and oxygen atoms in total. The summed E-state index contributed by atoms with van der Waals surface area (Å²) in [6, 6.07) is 15.9. The smallest absolute Gasteiger partial charge is 0.266 e. The molecule has 0 spiro atoms. The first kappa shape index (κ1) is 15.4. The zero-order chi connectivity index (χ0) is 17.1. The van der Waals surface area contributed by atoms with Crippen molar-refractivity contribution < 1.29 is 9.90 Å². The lowest BCUT2D eigenvalue weighted by molar-refractivity contribution is -0.112. The fourth-order valence-corrected chi connectivity index (χ4v) is 2.57. The number of carbonyl (C=O) groups excluding carboxylic acids is 1. The number of aromatic hydroxyl groups is 1. The van der Waals surface area contributed by atoms with E-state index in [-0.39, 0.29) is 11.3 Å². The Balaban J connectivity index is 1.94. The molecular weight excluding hydrogens is 302 g/mol. The van der Waals surface area contributed by atoms with E-state index in [1.54, 1.807) is 18.2 Å². The summed E-state index contributed by atoms with van der Waals surface area (Å²) in [7, 11) is 1.92. The van der Waals surface area contributed by atoms with Crippen molar-refractivity contribution >= 4 is 28.6 Å². The molecule has 0 aliphatic carbocycles. The molecule has 0 aliphatic heterocycles. The third kappa shape index (κ3) is 2.99. The van der Waals surface area contributed by atoms with Gasteiger partial charge in [-0.25, -0.2) is 0 Å². The molecule has 0 unspecified atom stereocenters. The molecule has 3 rings (SSSR count). The lowest BCUT2D eigenvalue weighted by Gasteiger charge is -2.04. The second-order valence-electron chi connectivity index (χ2n) is 5.39. The lowest BCUT2D eigenvalue weighted by Crippen LogP contribution is -2.13. The highest BCUT2D eigenvalue weighted by molar-refractivity contribution is 6.10. The quantitative estimate of drug-likeness (QED) is 0.574. The normalized spacial score (nSPS) is 11.2. The Bertz CT molecular complexity index is 993. The summed E-state index contributed by atoms with van der Waals surface area (Å²) in [5, 5.41) is 22.4. The van der Waals surface area contributed by atoms with E-state index in [0.717, 1.165) is 16.5 Å². The van der Waals surface area contributed by atoms with Gasteiger partial charge in [-0.15, -0.1) is 0 Å². The van der Waals surface area contributed by atoms with Crippen molar-refractivity contribution in [3.8, 4) is 11.8 Å². The highest BCUT2D eigenvalue weighted by Gasteiger charge is 2.12. The van der Waals surface area contributed by atoms with Crippen LogP contribution in [0, 0.1) is 11.3 Å². The van der Waals surface area contributed by atoms with Crippen LogP contribution >= 0.6 is 0 Å². The van der Waals surface area contributed by atoms with Gasteiger partial charge in [0.1, 0.15) is 17.4 Å². The minimum Gasteiger partial charge on any atom is -0.508 e. The van der Waals surface area contributed by atoms with E-state index >= 15 is 0 Å². The van der Waals surface area contributed by atoms with Gasteiger partial charge in [-0.1, -0.05) is 24.3 Å². The minimum atomic E-state index is -0.518. The van der Waals surface area contributed by atoms with E-state index in [0.29, 0.717) is 5.69 Å². The molecule has 3 aromatic rings. The van der Waals surface area contributed by atoms with Crippen LogP contribution < -0.4 is 5.32 Å². The standard InChI is InChI=1S/C19H15N3O2/c1-22-12-14(17-7-2-3-8-18(17)22)9-13(11-20)19(24)21-15-5-4-6-16(23)10-15/h2-10,12,23H,1H3,(H,21,24). The fourth-order valence-electron chi connectivity index (χ4n) is 2.57. The number of phenols is 1. The van der Waals surface area contributed by atoms with Gasteiger partial charge in [0.2, 0.25) is 0 Å². The lowest BCUT2D eigenvalue weighted by atomic mass is 10.1. The Morgan fingerprint density at radius 3 is 2.79 bits per heavy atom. The number of carbonyl (C=O) groups is 1. The molecule has 118 valence electrons. The predicted octanol–water partition coefficient (Wildman–Crippen LogP) is 3.43. The molecule has 2 N–H and O–H groups in total. The molecule has 1 aromatic heterocycles. The number of hydrogen-bond donors (Lipinski definition) is 2. The number of fused-ring (bicyclic) bond motifs is 1. The maximum atomic E-state index is 12.3. The SMILES string of the molecule is Cn1cc(C=C(C#N)C(=O)Nc2cccc(O)c2)c2ccccc21. The van der Waals surface area contributed by atoms with Gasteiger partial charge in [0, 0.05) is 41.5 Å². The maximum Gasteiger partial charge on any atom is 0.266 e. The van der Waals surface area contributed by atoms with Crippen molar-refractivity contribution in [2.75, 3.05) is 5.32 Å². The van der Waals surface area contributed by atoms with Crippen LogP contribution in [0.15, 0.2) is 60.3 Å². The first-order chi connectivity index (χ1) is 11.6. The zero-order valence-corrected chi connectivity index (χ0v) is 13.0. The van der Waals surface area contributed by atoms with Crippen molar-refractivity contribution in [1.29, 1.82) is 5.26 Å². The summed E-state index contributed by atoms with van der Waals surface area (Å²) in [4.78, 5) is 12.3. The van der Waals surface area contributed by atoms with Crippen molar-refractivity contribution in [1.82, 2.24) is 4.57 Å². The molecular formula is C19H15N3O2. The first-order valence-corrected chi connectivity index (χ1v) is 7.35. The summed E-state index contributed by atoms with van der Waals surface area (Å²) < 4.78 is 1.95. The van der Waals surface area contributed by atoms with Gasteiger partial charge in [-0.2, -0.15) is 5.26 Å². The molecule has 1 amide bonds. The summed E-state index contributed by atoms with van der Waals surface area (Å²) >= 11 is 0. The van der Waals surface area contributed by atoms with Gasteiger partial charge >= 0.3 is 0 Å². The number of rotatable bonds is 3. The second kappa shape index (κ2) is 6.31. The van der Waals surface area contributed by atoms with Crippen LogP contribution in [0.3, 0.4) is 0 Å². The number of amides is 1. The minimum absolute atomic E-state index is 0.00491. The van der Waals surface area contributed by atoms with Crippen LogP contribution in [-0.4, -0.2) is 15.6 Å². The molecule has 0 fully saturated rings. The molecule has 1 heterocycles. The number of aryl methyl sites for hydroxylation is 1. The Morgan fingerprint density at radius 2 is 2.04 bits per heavy atom. The van der Waals surface area contributed by atoms with Crippen molar-refractivity contribution in [2.45, 2.75) is 0 Å². The second-order valence-corrected chi connectivity index (χ2v) is 5.39.